The molecule has 19 heavy (non-hydrogen) atoms. The molecule has 3 unspecified atom stereocenters. The highest BCUT2D eigenvalue weighted by molar-refractivity contribution is 6.06. The molecule has 0 radical (unpaired) electrons. The molecular formula is C15H24N2O2. The van der Waals surface area contributed by atoms with Gasteiger partial charge in [0, 0.05) is 18.5 Å². The van der Waals surface area contributed by atoms with Crippen LogP contribution in [0.25, 0.3) is 0 Å². The zero-order valence-corrected chi connectivity index (χ0v) is 11.9. The molecule has 0 aromatic heterocycles. The number of nitrogens with zero attached hydrogens (tertiary/aromatic N) is 1. The number of rotatable bonds is 1. The van der Waals surface area contributed by atoms with Gasteiger partial charge in [0.1, 0.15) is 0 Å². The third-order valence-corrected chi connectivity index (χ3v) is 5.34. The van der Waals surface area contributed by atoms with Crippen LogP contribution in [0.15, 0.2) is 0 Å². The standard InChI is InChI=1S/C15H24N2O2/c1-10-5-6-12(11(2)16-10)17-13(18)9-15(14(17)19)7-3-4-8-15/h10-12,16H,3-9H2,1-2H3. The molecule has 0 aromatic carbocycles. The molecule has 3 rings (SSSR count). The number of amides is 2. The number of hydrogen-bond donors (Lipinski definition) is 1. The smallest absolute Gasteiger partial charge is 0.236 e. The topological polar surface area (TPSA) is 49.4 Å². The summed E-state index contributed by atoms with van der Waals surface area (Å²) in [4.78, 5) is 26.7. The molecule has 1 saturated carbocycles. The van der Waals surface area contributed by atoms with E-state index in [9.17, 15) is 9.59 Å². The van der Waals surface area contributed by atoms with Crippen LogP contribution in [0.4, 0.5) is 0 Å². The number of piperidine rings is 1. The number of hydrogen-bond acceptors (Lipinski definition) is 3. The van der Waals surface area contributed by atoms with Crippen molar-refractivity contribution in [2.24, 2.45) is 5.41 Å². The lowest BCUT2D eigenvalue weighted by molar-refractivity contribution is -0.145. The molecule has 4 heteroatoms. The number of carbonyl (C=O) groups excluding carboxylic acids is 2. The number of likely N-dealkylation sites (tertiary alicyclic amines) is 1. The van der Waals surface area contributed by atoms with Crippen LogP contribution in [0.2, 0.25) is 0 Å². The zero-order chi connectivity index (χ0) is 13.6. The maximum absolute atomic E-state index is 12.7. The van der Waals surface area contributed by atoms with Gasteiger partial charge in [0.15, 0.2) is 0 Å². The summed E-state index contributed by atoms with van der Waals surface area (Å²) < 4.78 is 0. The van der Waals surface area contributed by atoms with Gasteiger partial charge in [-0.25, -0.2) is 0 Å². The highest BCUT2D eigenvalue weighted by Gasteiger charge is 2.55. The average Bonchev–Trinajstić information content (AvgIpc) is 2.89. The van der Waals surface area contributed by atoms with E-state index >= 15 is 0 Å². The molecule has 4 nitrogen and oxygen atoms in total. The van der Waals surface area contributed by atoms with Crippen LogP contribution in [0.1, 0.15) is 58.8 Å². The fraction of sp³-hybridized carbons (Fsp3) is 0.867. The Kier molecular flexibility index (Phi) is 3.16. The van der Waals surface area contributed by atoms with Crippen LogP contribution in [-0.2, 0) is 9.59 Å². The molecule has 2 saturated heterocycles. The largest absolute Gasteiger partial charge is 0.310 e. The van der Waals surface area contributed by atoms with Gasteiger partial charge in [-0.05, 0) is 39.5 Å². The van der Waals surface area contributed by atoms with Crippen molar-refractivity contribution in [2.75, 3.05) is 0 Å². The molecule has 0 aromatic rings. The molecule has 106 valence electrons. The van der Waals surface area contributed by atoms with Gasteiger partial charge in [-0.15, -0.1) is 0 Å². The van der Waals surface area contributed by atoms with Gasteiger partial charge in [0.25, 0.3) is 0 Å². The number of carbonyl (C=O) groups is 2. The van der Waals surface area contributed by atoms with Gasteiger partial charge in [-0.2, -0.15) is 0 Å². The van der Waals surface area contributed by atoms with E-state index in [0.29, 0.717) is 12.5 Å². The molecule has 3 fully saturated rings. The average molecular weight is 264 g/mol. The molecule has 2 amide bonds. The summed E-state index contributed by atoms with van der Waals surface area (Å²) in [5.74, 6) is 0.198. The van der Waals surface area contributed by atoms with Crippen molar-refractivity contribution in [1.29, 1.82) is 0 Å². The third kappa shape index (κ3) is 2.00. The van der Waals surface area contributed by atoms with E-state index in [4.69, 9.17) is 0 Å². The minimum atomic E-state index is -0.320. The summed E-state index contributed by atoms with van der Waals surface area (Å²) in [6.45, 7) is 4.26. The summed E-state index contributed by atoms with van der Waals surface area (Å²) in [5.41, 5.74) is -0.320. The summed E-state index contributed by atoms with van der Waals surface area (Å²) in [6.07, 6.45) is 6.48. The van der Waals surface area contributed by atoms with Crippen molar-refractivity contribution in [3.63, 3.8) is 0 Å². The molecule has 1 spiro atoms. The van der Waals surface area contributed by atoms with Crippen molar-refractivity contribution < 1.29 is 9.59 Å². The summed E-state index contributed by atoms with van der Waals surface area (Å²) in [5, 5.41) is 3.48. The van der Waals surface area contributed by atoms with Crippen molar-refractivity contribution in [3.05, 3.63) is 0 Å². The second kappa shape index (κ2) is 4.58. The maximum Gasteiger partial charge on any atom is 0.236 e. The van der Waals surface area contributed by atoms with Crippen LogP contribution >= 0.6 is 0 Å². The van der Waals surface area contributed by atoms with Gasteiger partial charge in [-0.1, -0.05) is 12.8 Å². The third-order valence-electron chi connectivity index (χ3n) is 5.34. The first-order valence-corrected chi connectivity index (χ1v) is 7.66. The van der Waals surface area contributed by atoms with Gasteiger partial charge in [0.05, 0.1) is 11.5 Å². The minimum absolute atomic E-state index is 0.0659. The van der Waals surface area contributed by atoms with Gasteiger partial charge < -0.3 is 5.32 Å². The van der Waals surface area contributed by atoms with E-state index in [1.54, 1.807) is 4.90 Å². The van der Waals surface area contributed by atoms with E-state index in [2.05, 4.69) is 19.2 Å². The molecular weight excluding hydrogens is 240 g/mol. The minimum Gasteiger partial charge on any atom is -0.310 e. The first kappa shape index (κ1) is 13.1. The fourth-order valence-electron chi connectivity index (χ4n) is 4.26. The Morgan fingerprint density at radius 3 is 2.47 bits per heavy atom. The summed E-state index contributed by atoms with van der Waals surface area (Å²) in [7, 11) is 0. The lowest BCUT2D eigenvalue weighted by Crippen LogP contribution is -2.57. The summed E-state index contributed by atoms with van der Waals surface area (Å²) >= 11 is 0. The molecule has 1 aliphatic carbocycles. The van der Waals surface area contributed by atoms with Crippen molar-refractivity contribution in [3.8, 4) is 0 Å². The maximum atomic E-state index is 12.7. The van der Waals surface area contributed by atoms with Gasteiger partial charge in [0.2, 0.25) is 11.8 Å². The molecule has 3 aliphatic rings. The van der Waals surface area contributed by atoms with E-state index in [0.717, 1.165) is 38.5 Å². The summed E-state index contributed by atoms with van der Waals surface area (Å²) in [6, 6.07) is 0.767. The molecule has 2 aliphatic heterocycles. The van der Waals surface area contributed by atoms with E-state index in [-0.39, 0.29) is 29.3 Å². The Hall–Kier alpha value is -0.900. The van der Waals surface area contributed by atoms with Crippen LogP contribution < -0.4 is 5.32 Å². The molecule has 2 heterocycles. The van der Waals surface area contributed by atoms with E-state index in [1.165, 1.54) is 0 Å². The van der Waals surface area contributed by atoms with Crippen LogP contribution in [0.5, 0.6) is 0 Å². The first-order chi connectivity index (χ1) is 9.03. The first-order valence-electron chi connectivity index (χ1n) is 7.66. The quantitative estimate of drug-likeness (QED) is 0.735. The Morgan fingerprint density at radius 2 is 1.84 bits per heavy atom. The lowest BCUT2D eigenvalue weighted by Gasteiger charge is -2.39. The van der Waals surface area contributed by atoms with Crippen molar-refractivity contribution >= 4 is 11.8 Å². The Bertz CT molecular complexity index is 401. The van der Waals surface area contributed by atoms with Crippen molar-refractivity contribution in [1.82, 2.24) is 10.2 Å². The van der Waals surface area contributed by atoms with Gasteiger partial charge in [-0.3, -0.25) is 14.5 Å². The lowest BCUT2D eigenvalue weighted by atomic mass is 9.84. The highest BCUT2D eigenvalue weighted by atomic mass is 16.2. The zero-order valence-electron chi connectivity index (χ0n) is 11.9. The van der Waals surface area contributed by atoms with Crippen molar-refractivity contribution in [2.45, 2.75) is 76.9 Å². The number of nitrogens with one attached hydrogen (secondary N) is 1. The second-order valence-electron chi connectivity index (χ2n) is 6.73. The predicted octanol–water partition coefficient (Wildman–Crippen LogP) is 1.83. The molecule has 0 bridgehead atoms. The normalized spacial score (nSPS) is 38.4. The molecule has 3 atom stereocenters. The predicted molar refractivity (Wildman–Crippen MR) is 72.5 cm³/mol. The molecule has 1 N–H and O–H groups in total. The Balaban J connectivity index is 1.81. The Labute approximate surface area is 114 Å². The highest BCUT2D eigenvalue weighted by Crippen LogP contribution is 2.48. The monoisotopic (exact) mass is 264 g/mol. The SMILES string of the molecule is CC1CCC(N2C(=O)CC3(CCCC3)C2=O)C(C)N1. The van der Waals surface area contributed by atoms with Gasteiger partial charge >= 0.3 is 0 Å². The second-order valence-corrected chi connectivity index (χ2v) is 6.73. The van der Waals surface area contributed by atoms with E-state index < -0.39 is 0 Å². The number of imide groups is 1. The Morgan fingerprint density at radius 1 is 1.16 bits per heavy atom. The fourth-order valence-corrected chi connectivity index (χ4v) is 4.26. The van der Waals surface area contributed by atoms with Crippen LogP contribution in [0.3, 0.4) is 0 Å². The van der Waals surface area contributed by atoms with Crippen LogP contribution in [-0.4, -0.2) is 34.8 Å². The van der Waals surface area contributed by atoms with Crippen LogP contribution in [0, 0.1) is 5.41 Å². The van der Waals surface area contributed by atoms with E-state index in [1.807, 2.05) is 0 Å².